The summed E-state index contributed by atoms with van der Waals surface area (Å²) in [4.78, 5) is 8.50. The average molecular weight is 354 g/mol. The number of methoxy groups -OCH3 is 1. The van der Waals surface area contributed by atoms with Gasteiger partial charge in [0, 0.05) is 21.9 Å². The van der Waals surface area contributed by atoms with Crippen LogP contribution in [0.1, 0.15) is 31.2 Å². The number of aromatic nitrogens is 2. The van der Waals surface area contributed by atoms with Crippen LogP contribution in [0.15, 0.2) is 60.7 Å². The minimum atomic E-state index is 0.862. The highest BCUT2D eigenvalue weighted by atomic mass is 16.5. The summed E-state index contributed by atoms with van der Waals surface area (Å²) in [6.45, 7) is 0. The molecule has 0 amide bonds. The molecule has 3 heteroatoms. The van der Waals surface area contributed by atoms with E-state index in [1.54, 1.807) is 7.11 Å². The zero-order valence-corrected chi connectivity index (χ0v) is 15.5. The lowest BCUT2D eigenvalue weighted by atomic mass is 9.91. The summed E-state index contributed by atoms with van der Waals surface area (Å²) in [6.07, 6.45) is 7.27. The molecular weight excluding hydrogens is 332 g/mol. The second kappa shape index (κ2) is 6.58. The Morgan fingerprint density at radius 1 is 1.00 bits per heavy atom. The Morgan fingerprint density at radius 2 is 1.85 bits per heavy atom. The minimum absolute atomic E-state index is 0.862. The number of hydrogen-bond donors (Lipinski definition) is 1. The summed E-state index contributed by atoms with van der Waals surface area (Å²) < 4.78 is 5.30. The third kappa shape index (κ3) is 2.80. The Hall–Kier alpha value is -3.07. The van der Waals surface area contributed by atoms with Crippen LogP contribution in [0.4, 0.5) is 0 Å². The van der Waals surface area contributed by atoms with Crippen molar-refractivity contribution >= 4 is 27.5 Å². The predicted octanol–water partition coefficient (Wildman–Crippen LogP) is 6.35. The summed E-state index contributed by atoms with van der Waals surface area (Å²) in [5.74, 6) is 0.862. The predicted molar refractivity (Wildman–Crippen MR) is 112 cm³/mol. The quantitative estimate of drug-likeness (QED) is 0.465. The molecule has 0 fully saturated rings. The topological polar surface area (TPSA) is 37.9 Å². The molecular formula is C24H22N2O. The fourth-order valence-electron chi connectivity index (χ4n) is 4.09. The van der Waals surface area contributed by atoms with Crippen molar-refractivity contribution in [2.45, 2.75) is 25.7 Å². The zero-order valence-electron chi connectivity index (χ0n) is 15.5. The van der Waals surface area contributed by atoms with Gasteiger partial charge in [0.25, 0.3) is 0 Å². The van der Waals surface area contributed by atoms with Gasteiger partial charge in [0.15, 0.2) is 0 Å². The molecule has 0 bridgehead atoms. The molecule has 1 aliphatic rings. The molecule has 1 aliphatic carbocycles. The molecule has 0 aliphatic heterocycles. The molecule has 0 spiro atoms. The van der Waals surface area contributed by atoms with E-state index in [-0.39, 0.29) is 0 Å². The number of nitrogens with zero attached hydrogens (tertiary/aromatic N) is 1. The highest BCUT2D eigenvalue weighted by Crippen LogP contribution is 2.37. The summed E-state index contributed by atoms with van der Waals surface area (Å²) in [5, 5.41) is 2.50. The summed E-state index contributed by atoms with van der Waals surface area (Å²) in [7, 11) is 1.69. The fraction of sp³-hybridized carbons (Fsp3) is 0.208. The van der Waals surface area contributed by atoms with Crippen molar-refractivity contribution in [1.82, 2.24) is 9.97 Å². The van der Waals surface area contributed by atoms with E-state index >= 15 is 0 Å². The number of nitrogens with one attached hydrogen (secondary N) is 1. The third-order valence-corrected chi connectivity index (χ3v) is 5.49. The Bertz CT molecular complexity index is 1150. The number of rotatable bonds is 3. The zero-order chi connectivity index (χ0) is 18.2. The number of hydrogen-bond acceptors (Lipinski definition) is 2. The maximum absolute atomic E-state index is 5.30. The van der Waals surface area contributed by atoms with Crippen molar-refractivity contribution in [1.29, 1.82) is 0 Å². The largest absolute Gasteiger partial charge is 0.497 e. The third-order valence-electron chi connectivity index (χ3n) is 5.49. The van der Waals surface area contributed by atoms with Crippen molar-refractivity contribution in [3.8, 4) is 17.0 Å². The van der Waals surface area contributed by atoms with Crippen molar-refractivity contribution in [3.63, 3.8) is 0 Å². The monoisotopic (exact) mass is 354 g/mol. The number of ether oxygens (including phenoxy) is 1. The van der Waals surface area contributed by atoms with Crippen molar-refractivity contribution in [2.24, 2.45) is 0 Å². The molecule has 2 aromatic carbocycles. The second-order valence-electron chi connectivity index (χ2n) is 7.15. The van der Waals surface area contributed by atoms with Crippen LogP contribution in [-0.2, 0) is 0 Å². The van der Waals surface area contributed by atoms with Crippen LogP contribution in [0.25, 0.3) is 38.8 Å². The first-order valence-corrected chi connectivity index (χ1v) is 9.59. The molecule has 1 N–H and O–H groups in total. The van der Waals surface area contributed by atoms with Crippen LogP contribution in [0.2, 0.25) is 0 Å². The smallest absolute Gasteiger partial charge is 0.139 e. The van der Waals surface area contributed by atoms with Gasteiger partial charge in [-0.3, -0.25) is 0 Å². The Kier molecular flexibility index (Phi) is 3.93. The molecule has 0 saturated carbocycles. The van der Waals surface area contributed by atoms with Gasteiger partial charge in [0.2, 0.25) is 0 Å². The van der Waals surface area contributed by atoms with Gasteiger partial charge in [-0.2, -0.15) is 0 Å². The number of H-pyrrole nitrogens is 1. The Morgan fingerprint density at radius 3 is 2.63 bits per heavy atom. The molecule has 0 saturated heterocycles. The molecule has 0 atom stereocenters. The normalized spacial score (nSPS) is 14.5. The van der Waals surface area contributed by atoms with Crippen LogP contribution < -0.4 is 4.74 Å². The number of allylic oxidation sites excluding steroid dienone is 2. The van der Waals surface area contributed by atoms with Gasteiger partial charge in [0.05, 0.1) is 12.8 Å². The summed E-state index contributed by atoms with van der Waals surface area (Å²) in [6, 6.07) is 18.9. The molecule has 27 heavy (non-hydrogen) atoms. The lowest BCUT2D eigenvalue weighted by molar-refractivity contribution is 0.415. The molecule has 3 nitrogen and oxygen atoms in total. The molecule has 2 heterocycles. The first kappa shape index (κ1) is 16.1. The van der Waals surface area contributed by atoms with Gasteiger partial charge in [-0.1, -0.05) is 24.3 Å². The minimum Gasteiger partial charge on any atom is -0.497 e. The first-order valence-electron chi connectivity index (χ1n) is 9.59. The van der Waals surface area contributed by atoms with Gasteiger partial charge >= 0.3 is 0 Å². The van der Waals surface area contributed by atoms with E-state index in [4.69, 9.17) is 9.72 Å². The highest BCUT2D eigenvalue weighted by Gasteiger charge is 2.17. The van der Waals surface area contributed by atoms with Crippen LogP contribution in [0.3, 0.4) is 0 Å². The maximum atomic E-state index is 5.30. The van der Waals surface area contributed by atoms with Gasteiger partial charge in [-0.25, -0.2) is 4.98 Å². The maximum Gasteiger partial charge on any atom is 0.139 e. The van der Waals surface area contributed by atoms with Crippen LogP contribution in [0.5, 0.6) is 5.75 Å². The lowest BCUT2D eigenvalue weighted by Crippen LogP contribution is -1.95. The summed E-state index contributed by atoms with van der Waals surface area (Å²) in [5.41, 5.74) is 6.99. The lowest BCUT2D eigenvalue weighted by Gasteiger charge is -2.15. The number of para-hydroxylation sites is 1. The van der Waals surface area contributed by atoms with Crippen LogP contribution >= 0.6 is 0 Å². The Labute approximate surface area is 158 Å². The molecule has 134 valence electrons. The van der Waals surface area contributed by atoms with Gasteiger partial charge in [-0.05, 0) is 73.2 Å². The van der Waals surface area contributed by atoms with E-state index in [9.17, 15) is 0 Å². The van der Waals surface area contributed by atoms with E-state index in [1.165, 1.54) is 41.2 Å². The number of aromatic amines is 1. The van der Waals surface area contributed by atoms with E-state index in [2.05, 4.69) is 53.5 Å². The average Bonchev–Trinajstić information content (AvgIpc) is 3.12. The van der Waals surface area contributed by atoms with Crippen molar-refractivity contribution in [2.75, 3.05) is 7.11 Å². The van der Waals surface area contributed by atoms with Gasteiger partial charge in [-0.15, -0.1) is 0 Å². The molecule has 0 unspecified atom stereocenters. The van der Waals surface area contributed by atoms with Crippen LogP contribution in [0, 0.1) is 0 Å². The molecule has 2 aromatic heterocycles. The highest BCUT2D eigenvalue weighted by molar-refractivity contribution is 6.11. The number of benzene rings is 2. The second-order valence-corrected chi connectivity index (χ2v) is 7.15. The van der Waals surface area contributed by atoms with E-state index in [0.29, 0.717) is 0 Å². The first-order chi connectivity index (χ1) is 13.3. The van der Waals surface area contributed by atoms with Gasteiger partial charge < -0.3 is 9.72 Å². The Balaban J connectivity index is 1.78. The summed E-state index contributed by atoms with van der Waals surface area (Å²) >= 11 is 0. The van der Waals surface area contributed by atoms with Gasteiger partial charge in [0.1, 0.15) is 11.4 Å². The number of fused-ring (bicyclic) bond motifs is 3. The SMILES string of the molecule is COc1ccc(-c2cc(C3=CCCCC3)c3c(n2)[nH]c2ccccc23)cc1. The number of pyridine rings is 1. The van der Waals surface area contributed by atoms with E-state index in [1.807, 2.05) is 12.1 Å². The van der Waals surface area contributed by atoms with Crippen molar-refractivity contribution in [3.05, 3.63) is 66.2 Å². The fourth-order valence-corrected chi connectivity index (χ4v) is 4.09. The van der Waals surface area contributed by atoms with Crippen molar-refractivity contribution < 1.29 is 4.74 Å². The van der Waals surface area contributed by atoms with Crippen LogP contribution in [-0.4, -0.2) is 17.1 Å². The molecule has 5 rings (SSSR count). The van der Waals surface area contributed by atoms with E-state index in [0.717, 1.165) is 34.6 Å². The standard InChI is InChI=1S/C24H22N2O/c1-27-18-13-11-17(12-14-18)22-15-20(16-7-3-2-4-8-16)23-19-9-5-6-10-21(19)25-24(23)26-22/h5-7,9-15H,2-4,8H2,1H3,(H,25,26). The van der Waals surface area contributed by atoms with E-state index < -0.39 is 0 Å². The molecule has 4 aromatic rings. The molecule has 0 radical (unpaired) electrons.